The number of pyridine rings is 1. The number of hydrogen-bond acceptors (Lipinski definition) is 7. The topological polar surface area (TPSA) is 105 Å². The number of nitro groups is 1. The SMILES string of the molecule is Cc1cc(-c2nc(-c3ccc(OCC(C)C)c([N+](=O)[O-])c3)nn2COCC(C)(C)C)ccn1. The van der Waals surface area contributed by atoms with Crippen molar-refractivity contribution in [2.75, 3.05) is 13.2 Å². The number of aryl methyl sites for hydroxylation is 1. The smallest absolute Gasteiger partial charge is 0.311 e. The lowest BCUT2D eigenvalue weighted by Gasteiger charge is -2.18. The number of hydrogen-bond donors (Lipinski definition) is 0. The Labute approximate surface area is 193 Å². The Morgan fingerprint density at radius 1 is 1.15 bits per heavy atom. The summed E-state index contributed by atoms with van der Waals surface area (Å²) in [7, 11) is 0. The number of rotatable bonds is 9. The molecule has 2 heterocycles. The zero-order valence-electron chi connectivity index (χ0n) is 20.0. The van der Waals surface area contributed by atoms with E-state index in [1.54, 1.807) is 23.0 Å². The first-order valence-corrected chi connectivity index (χ1v) is 10.9. The van der Waals surface area contributed by atoms with Crippen LogP contribution in [0.1, 0.15) is 40.3 Å². The summed E-state index contributed by atoms with van der Waals surface area (Å²) in [5, 5.41) is 16.3. The molecule has 0 aliphatic heterocycles. The van der Waals surface area contributed by atoms with Crippen molar-refractivity contribution in [3.05, 3.63) is 52.3 Å². The molecule has 0 saturated carbocycles. The molecule has 2 aromatic heterocycles. The first-order chi connectivity index (χ1) is 15.5. The molecule has 0 bridgehead atoms. The van der Waals surface area contributed by atoms with Gasteiger partial charge in [0.15, 0.2) is 17.4 Å². The molecule has 0 atom stereocenters. The molecular formula is C24H31N5O4. The second kappa shape index (κ2) is 10.1. The Balaban J connectivity index is 1.99. The predicted molar refractivity (Wildman–Crippen MR) is 126 cm³/mol. The molecule has 9 heteroatoms. The average molecular weight is 454 g/mol. The van der Waals surface area contributed by atoms with Crippen molar-refractivity contribution in [1.29, 1.82) is 0 Å². The molecule has 0 N–H and O–H groups in total. The van der Waals surface area contributed by atoms with Gasteiger partial charge in [0.1, 0.15) is 6.73 Å². The molecular weight excluding hydrogens is 422 g/mol. The minimum absolute atomic E-state index is 0.00323. The van der Waals surface area contributed by atoms with Crippen molar-refractivity contribution in [3.8, 4) is 28.5 Å². The first kappa shape index (κ1) is 24.3. The molecule has 33 heavy (non-hydrogen) atoms. The standard InChI is InChI=1S/C24H31N5O4/c1-16(2)13-33-21-8-7-18(12-20(21)29(30)31)22-26-23(19-9-10-25-17(3)11-19)28(27-22)15-32-14-24(4,5)6/h7-12,16H,13-15H2,1-6H3. The van der Waals surface area contributed by atoms with Crippen molar-refractivity contribution < 1.29 is 14.4 Å². The molecule has 0 radical (unpaired) electrons. The summed E-state index contributed by atoms with van der Waals surface area (Å²) in [6.45, 7) is 13.3. The van der Waals surface area contributed by atoms with Crippen LogP contribution in [-0.4, -0.2) is 37.9 Å². The van der Waals surface area contributed by atoms with E-state index in [2.05, 4.69) is 30.9 Å². The molecule has 0 fully saturated rings. The van der Waals surface area contributed by atoms with E-state index in [1.807, 2.05) is 32.9 Å². The second-order valence-electron chi connectivity index (χ2n) is 9.63. The van der Waals surface area contributed by atoms with E-state index in [9.17, 15) is 10.1 Å². The lowest BCUT2D eigenvalue weighted by atomic mass is 9.99. The highest BCUT2D eigenvalue weighted by atomic mass is 16.6. The summed E-state index contributed by atoms with van der Waals surface area (Å²) in [6.07, 6.45) is 1.71. The molecule has 9 nitrogen and oxygen atoms in total. The van der Waals surface area contributed by atoms with Gasteiger partial charge in [-0.15, -0.1) is 5.10 Å². The van der Waals surface area contributed by atoms with Crippen molar-refractivity contribution in [3.63, 3.8) is 0 Å². The van der Waals surface area contributed by atoms with Gasteiger partial charge in [0.2, 0.25) is 0 Å². The van der Waals surface area contributed by atoms with E-state index in [-0.39, 0.29) is 29.5 Å². The lowest BCUT2D eigenvalue weighted by Crippen LogP contribution is -2.17. The molecule has 0 amide bonds. The van der Waals surface area contributed by atoms with Gasteiger partial charge < -0.3 is 9.47 Å². The van der Waals surface area contributed by atoms with Crippen LogP contribution in [-0.2, 0) is 11.5 Å². The van der Waals surface area contributed by atoms with Crippen LogP contribution >= 0.6 is 0 Å². The summed E-state index contributed by atoms with van der Waals surface area (Å²) in [6, 6.07) is 8.56. The summed E-state index contributed by atoms with van der Waals surface area (Å²) >= 11 is 0. The predicted octanol–water partition coefficient (Wildman–Crippen LogP) is 5.28. The third kappa shape index (κ3) is 6.58. The van der Waals surface area contributed by atoms with Crippen LogP contribution < -0.4 is 4.74 Å². The highest BCUT2D eigenvalue weighted by Crippen LogP contribution is 2.32. The summed E-state index contributed by atoms with van der Waals surface area (Å²) in [5.41, 5.74) is 2.10. The van der Waals surface area contributed by atoms with Crippen molar-refractivity contribution in [1.82, 2.24) is 19.7 Å². The second-order valence-corrected chi connectivity index (χ2v) is 9.63. The number of aromatic nitrogens is 4. The molecule has 0 saturated heterocycles. The van der Waals surface area contributed by atoms with Gasteiger partial charge in [-0.2, -0.15) is 0 Å². The number of benzene rings is 1. The fourth-order valence-corrected chi connectivity index (χ4v) is 3.07. The van der Waals surface area contributed by atoms with Crippen molar-refractivity contribution in [2.24, 2.45) is 11.3 Å². The lowest BCUT2D eigenvalue weighted by molar-refractivity contribution is -0.385. The van der Waals surface area contributed by atoms with Gasteiger partial charge in [0, 0.05) is 29.1 Å². The van der Waals surface area contributed by atoms with Crippen LogP contribution in [0.3, 0.4) is 0 Å². The Bertz CT molecular complexity index is 1120. The van der Waals surface area contributed by atoms with Crippen LogP contribution in [0.2, 0.25) is 0 Å². The van der Waals surface area contributed by atoms with Crippen LogP contribution in [0.5, 0.6) is 5.75 Å². The highest BCUT2D eigenvalue weighted by molar-refractivity contribution is 5.66. The molecule has 3 aromatic rings. The van der Waals surface area contributed by atoms with E-state index in [1.165, 1.54) is 6.07 Å². The van der Waals surface area contributed by atoms with Gasteiger partial charge in [0.05, 0.1) is 18.1 Å². The van der Waals surface area contributed by atoms with Gasteiger partial charge in [-0.1, -0.05) is 34.6 Å². The molecule has 0 aliphatic carbocycles. The number of nitro benzene ring substituents is 1. The number of ether oxygens (including phenoxy) is 2. The van der Waals surface area contributed by atoms with Crippen LogP contribution in [0, 0.1) is 28.4 Å². The Morgan fingerprint density at radius 2 is 1.91 bits per heavy atom. The summed E-state index contributed by atoms with van der Waals surface area (Å²) in [4.78, 5) is 20.2. The fraction of sp³-hybridized carbons (Fsp3) is 0.458. The fourth-order valence-electron chi connectivity index (χ4n) is 3.07. The quantitative estimate of drug-likeness (QED) is 0.321. The Hall–Kier alpha value is -3.33. The number of nitrogens with zero attached hydrogens (tertiary/aromatic N) is 5. The third-order valence-electron chi connectivity index (χ3n) is 4.56. The third-order valence-corrected chi connectivity index (χ3v) is 4.56. The van der Waals surface area contributed by atoms with Gasteiger partial charge >= 0.3 is 5.69 Å². The largest absolute Gasteiger partial charge is 0.487 e. The Kier molecular flexibility index (Phi) is 7.43. The van der Waals surface area contributed by atoms with Crippen LogP contribution in [0.25, 0.3) is 22.8 Å². The van der Waals surface area contributed by atoms with E-state index in [4.69, 9.17) is 14.5 Å². The first-order valence-electron chi connectivity index (χ1n) is 10.9. The molecule has 0 unspecified atom stereocenters. The maximum absolute atomic E-state index is 11.7. The van der Waals surface area contributed by atoms with E-state index >= 15 is 0 Å². The molecule has 1 aromatic carbocycles. The van der Waals surface area contributed by atoms with Gasteiger partial charge in [-0.25, -0.2) is 9.67 Å². The average Bonchev–Trinajstić information content (AvgIpc) is 3.15. The summed E-state index contributed by atoms with van der Waals surface area (Å²) in [5.74, 6) is 1.46. The maximum atomic E-state index is 11.7. The van der Waals surface area contributed by atoms with Crippen molar-refractivity contribution >= 4 is 5.69 Å². The minimum Gasteiger partial charge on any atom is -0.487 e. The highest BCUT2D eigenvalue weighted by Gasteiger charge is 2.21. The normalized spacial score (nSPS) is 11.7. The zero-order chi connectivity index (χ0) is 24.2. The minimum atomic E-state index is -0.449. The van der Waals surface area contributed by atoms with E-state index in [0.717, 1.165) is 11.3 Å². The molecule has 3 rings (SSSR count). The van der Waals surface area contributed by atoms with Gasteiger partial charge in [0.25, 0.3) is 0 Å². The van der Waals surface area contributed by atoms with Crippen molar-refractivity contribution in [2.45, 2.75) is 48.3 Å². The van der Waals surface area contributed by atoms with Gasteiger partial charge in [-0.3, -0.25) is 15.1 Å². The molecule has 176 valence electrons. The van der Waals surface area contributed by atoms with Crippen LogP contribution in [0.15, 0.2) is 36.5 Å². The monoisotopic (exact) mass is 453 g/mol. The van der Waals surface area contributed by atoms with E-state index in [0.29, 0.717) is 30.4 Å². The summed E-state index contributed by atoms with van der Waals surface area (Å²) < 4.78 is 13.2. The molecule has 0 spiro atoms. The zero-order valence-corrected chi connectivity index (χ0v) is 20.0. The van der Waals surface area contributed by atoms with Crippen LogP contribution in [0.4, 0.5) is 5.69 Å². The van der Waals surface area contributed by atoms with Gasteiger partial charge in [-0.05, 0) is 42.5 Å². The van der Waals surface area contributed by atoms with E-state index < -0.39 is 4.92 Å². The Morgan fingerprint density at radius 3 is 2.55 bits per heavy atom. The maximum Gasteiger partial charge on any atom is 0.311 e. The molecule has 0 aliphatic rings.